The number of fused-ring (bicyclic) bond motifs is 1. The molecular weight excluding hydrogens is 421 g/mol. The summed E-state index contributed by atoms with van der Waals surface area (Å²) in [5.41, 5.74) is 3.53. The van der Waals surface area contributed by atoms with Crippen LogP contribution in [0.2, 0.25) is 0 Å². The number of benzene rings is 2. The van der Waals surface area contributed by atoms with Crippen molar-refractivity contribution < 1.29 is 24.1 Å². The van der Waals surface area contributed by atoms with Crippen LogP contribution < -0.4 is 10.1 Å². The average Bonchev–Trinajstić information content (AvgIpc) is 3.22. The molecule has 0 fully saturated rings. The SMILES string of the molecule is CCC(CC)(CC1Cc2ccccc2C1)NC[C@@H](O)COc1cc(CCC(=O)O)ccc1F. The van der Waals surface area contributed by atoms with Crippen molar-refractivity contribution in [1.82, 2.24) is 5.32 Å². The van der Waals surface area contributed by atoms with Crippen molar-refractivity contribution in [3.63, 3.8) is 0 Å². The molecule has 0 spiro atoms. The van der Waals surface area contributed by atoms with E-state index in [1.54, 1.807) is 6.07 Å². The van der Waals surface area contributed by atoms with E-state index in [4.69, 9.17) is 9.84 Å². The van der Waals surface area contributed by atoms with Crippen LogP contribution in [0.25, 0.3) is 0 Å². The summed E-state index contributed by atoms with van der Waals surface area (Å²) in [4.78, 5) is 10.8. The molecule has 0 unspecified atom stereocenters. The number of aryl methyl sites for hydroxylation is 1. The quantitative estimate of drug-likeness (QED) is 0.412. The summed E-state index contributed by atoms with van der Waals surface area (Å²) in [5, 5.41) is 22.9. The van der Waals surface area contributed by atoms with Gasteiger partial charge in [0.2, 0.25) is 0 Å². The fourth-order valence-corrected chi connectivity index (χ4v) is 4.85. The Bertz CT molecular complexity index is 903. The highest BCUT2D eigenvalue weighted by atomic mass is 19.1. The number of nitrogens with one attached hydrogen (secondary N) is 1. The first-order valence-electron chi connectivity index (χ1n) is 12.0. The van der Waals surface area contributed by atoms with E-state index in [0.29, 0.717) is 24.4 Å². The van der Waals surface area contributed by atoms with Crippen LogP contribution >= 0.6 is 0 Å². The summed E-state index contributed by atoms with van der Waals surface area (Å²) in [6, 6.07) is 13.0. The molecule has 6 heteroatoms. The zero-order chi connectivity index (χ0) is 23.8. The number of hydrogen-bond donors (Lipinski definition) is 3. The molecule has 0 aromatic heterocycles. The third-order valence-electron chi connectivity index (χ3n) is 6.94. The highest BCUT2D eigenvalue weighted by molar-refractivity contribution is 5.67. The number of aliphatic hydroxyl groups excluding tert-OH is 1. The van der Waals surface area contributed by atoms with E-state index >= 15 is 0 Å². The lowest BCUT2D eigenvalue weighted by atomic mass is 9.81. The molecule has 0 saturated carbocycles. The van der Waals surface area contributed by atoms with Gasteiger partial charge in [0.25, 0.3) is 0 Å². The highest BCUT2D eigenvalue weighted by Gasteiger charge is 2.32. The first kappa shape index (κ1) is 25.2. The van der Waals surface area contributed by atoms with E-state index in [9.17, 15) is 14.3 Å². The number of rotatable bonds is 13. The van der Waals surface area contributed by atoms with Crippen molar-refractivity contribution in [3.8, 4) is 5.75 Å². The molecule has 0 saturated heterocycles. The summed E-state index contributed by atoms with van der Waals surface area (Å²) in [6.45, 7) is 4.69. The number of aliphatic hydroxyl groups is 1. The third kappa shape index (κ3) is 7.02. The summed E-state index contributed by atoms with van der Waals surface area (Å²) >= 11 is 0. The number of β-amino-alcohol motifs (C(OH)–C–C–N with tert-alkyl or cyclic N) is 1. The van der Waals surface area contributed by atoms with E-state index in [0.717, 1.165) is 32.1 Å². The second kappa shape index (κ2) is 11.6. The Kier molecular flexibility index (Phi) is 8.87. The van der Waals surface area contributed by atoms with E-state index in [1.165, 1.54) is 23.3 Å². The highest BCUT2D eigenvalue weighted by Crippen LogP contribution is 2.34. The maximum absolute atomic E-state index is 14.1. The first-order chi connectivity index (χ1) is 15.8. The van der Waals surface area contributed by atoms with Gasteiger partial charge >= 0.3 is 5.97 Å². The number of hydrogen-bond acceptors (Lipinski definition) is 4. The van der Waals surface area contributed by atoms with Gasteiger partial charge in [0.15, 0.2) is 11.6 Å². The Hall–Kier alpha value is -2.44. The largest absolute Gasteiger partial charge is 0.488 e. The first-order valence-corrected chi connectivity index (χ1v) is 12.0. The second-order valence-electron chi connectivity index (χ2n) is 9.24. The zero-order valence-corrected chi connectivity index (χ0v) is 19.6. The number of halogens is 1. The van der Waals surface area contributed by atoms with Gasteiger partial charge in [-0.25, -0.2) is 4.39 Å². The number of carbonyl (C=O) groups is 1. The van der Waals surface area contributed by atoms with Gasteiger partial charge in [0, 0.05) is 18.5 Å². The Labute approximate surface area is 196 Å². The van der Waals surface area contributed by atoms with Crippen molar-refractivity contribution in [2.45, 2.75) is 70.4 Å². The van der Waals surface area contributed by atoms with Crippen molar-refractivity contribution in [1.29, 1.82) is 0 Å². The molecule has 0 heterocycles. The molecule has 0 aliphatic heterocycles. The van der Waals surface area contributed by atoms with E-state index in [1.807, 2.05) is 0 Å². The lowest BCUT2D eigenvalue weighted by Gasteiger charge is -2.36. The molecule has 1 atom stereocenters. The normalized spacial score (nSPS) is 14.8. The lowest BCUT2D eigenvalue weighted by Crippen LogP contribution is -2.49. The number of aliphatic carboxylic acids is 1. The van der Waals surface area contributed by atoms with E-state index in [-0.39, 0.29) is 24.3 Å². The van der Waals surface area contributed by atoms with Gasteiger partial charge in [0.1, 0.15) is 12.7 Å². The van der Waals surface area contributed by atoms with Gasteiger partial charge in [-0.1, -0.05) is 44.2 Å². The molecule has 180 valence electrons. The molecule has 3 rings (SSSR count). The predicted molar refractivity (Wildman–Crippen MR) is 127 cm³/mol. The molecule has 0 amide bonds. The maximum atomic E-state index is 14.1. The third-order valence-corrected chi connectivity index (χ3v) is 6.94. The van der Waals surface area contributed by atoms with Gasteiger partial charge in [0.05, 0.1) is 0 Å². The average molecular weight is 458 g/mol. The Morgan fingerprint density at radius 1 is 1.18 bits per heavy atom. The smallest absolute Gasteiger partial charge is 0.303 e. The monoisotopic (exact) mass is 457 g/mol. The molecule has 2 aromatic carbocycles. The zero-order valence-electron chi connectivity index (χ0n) is 19.6. The fourth-order valence-electron chi connectivity index (χ4n) is 4.85. The van der Waals surface area contributed by atoms with Crippen LogP contribution in [-0.2, 0) is 24.1 Å². The standard InChI is InChI=1S/C27H36FNO4/c1-3-27(4-2,16-20-13-21-7-5-6-8-22(21)14-20)29-17-23(30)18-33-25-15-19(9-11-24(25)28)10-12-26(31)32/h5-9,11,15,20,23,29-30H,3-4,10,12-14,16-18H2,1-2H3,(H,31,32)/t23-/m1/s1. The van der Waals surface area contributed by atoms with Crippen LogP contribution in [0.3, 0.4) is 0 Å². The van der Waals surface area contributed by atoms with Gasteiger partial charge in [-0.3, -0.25) is 4.79 Å². The van der Waals surface area contributed by atoms with Crippen molar-refractivity contribution >= 4 is 5.97 Å². The Morgan fingerprint density at radius 2 is 1.85 bits per heavy atom. The molecule has 1 aliphatic rings. The molecule has 0 radical (unpaired) electrons. The molecule has 1 aliphatic carbocycles. The predicted octanol–water partition coefficient (Wildman–Crippen LogP) is 4.54. The molecule has 33 heavy (non-hydrogen) atoms. The summed E-state index contributed by atoms with van der Waals surface area (Å²) in [6.07, 6.45) is 4.66. The van der Waals surface area contributed by atoms with Crippen molar-refractivity contribution in [3.05, 3.63) is 65.0 Å². The van der Waals surface area contributed by atoms with Crippen LogP contribution in [0.15, 0.2) is 42.5 Å². The molecule has 5 nitrogen and oxygen atoms in total. The maximum Gasteiger partial charge on any atom is 0.303 e. The van der Waals surface area contributed by atoms with E-state index in [2.05, 4.69) is 43.4 Å². The van der Waals surface area contributed by atoms with Crippen LogP contribution in [0, 0.1) is 11.7 Å². The topological polar surface area (TPSA) is 78.8 Å². The van der Waals surface area contributed by atoms with Crippen LogP contribution in [0.1, 0.15) is 56.2 Å². The van der Waals surface area contributed by atoms with Crippen LogP contribution in [-0.4, -0.2) is 41.0 Å². The fraction of sp³-hybridized carbons (Fsp3) is 0.519. The van der Waals surface area contributed by atoms with Gasteiger partial charge in [-0.05, 0) is 73.3 Å². The molecule has 0 bridgehead atoms. The van der Waals surface area contributed by atoms with Gasteiger partial charge in [-0.15, -0.1) is 0 Å². The minimum Gasteiger partial charge on any atom is -0.488 e. The number of carboxylic acids is 1. The van der Waals surface area contributed by atoms with E-state index < -0.39 is 17.9 Å². The van der Waals surface area contributed by atoms with Crippen molar-refractivity contribution in [2.24, 2.45) is 5.92 Å². The van der Waals surface area contributed by atoms with Crippen LogP contribution in [0.4, 0.5) is 4.39 Å². The summed E-state index contributed by atoms with van der Waals surface area (Å²) in [7, 11) is 0. The molecule has 2 aromatic rings. The van der Waals surface area contributed by atoms with Crippen molar-refractivity contribution in [2.75, 3.05) is 13.2 Å². The lowest BCUT2D eigenvalue weighted by molar-refractivity contribution is -0.136. The van der Waals surface area contributed by atoms with Gasteiger partial charge in [-0.2, -0.15) is 0 Å². The Morgan fingerprint density at radius 3 is 2.45 bits per heavy atom. The van der Waals surface area contributed by atoms with Crippen LogP contribution in [0.5, 0.6) is 5.75 Å². The summed E-state index contributed by atoms with van der Waals surface area (Å²) < 4.78 is 19.6. The Balaban J connectivity index is 1.51. The summed E-state index contributed by atoms with van der Waals surface area (Å²) in [5.74, 6) is -0.796. The molecule has 3 N–H and O–H groups in total. The second-order valence-corrected chi connectivity index (χ2v) is 9.24. The minimum atomic E-state index is -0.903. The molecular formula is C27H36FNO4. The number of ether oxygens (including phenoxy) is 1. The van der Waals surface area contributed by atoms with Gasteiger partial charge < -0.3 is 20.3 Å². The number of carboxylic acid groups (broad SMARTS) is 1. The minimum absolute atomic E-state index is 0.0280.